The smallest absolute Gasteiger partial charge is 0.326 e. The van der Waals surface area contributed by atoms with Gasteiger partial charge in [0.05, 0.1) is 6.20 Å². The molecule has 5 rings (SSSR count). The summed E-state index contributed by atoms with van der Waals surface area (Å²) in [6.45, 7) is 0.355. The quantitative estimate of drug-likeness (QED) is 0.315. The number of amides is 3. The normalized spacial score (nSPS) is 17.2. The molecule has 3 amide bonds. The van der Waals surface area contributed by atoms with E-state index in [9.17, 15) is 14.0 Å². The molecule has 0 radical (unpaired) electrons. The van der Waals surface area contributed by atoms with E-state index >= 15 is 0 Å². The molecule has 0 spiro atoms. The molecule has 1 aromatic carbocycles. The first-order valence-electron chi connectivity index (χ1n) is 9.63. The highest BCUT2D eigenvalue weighted by atomic mass is 79.9. The predicted molar refractivity (Wildman–Crippen MR) is 116 cm³/mol. The number of nitrogens with one attached hydrogen (secondary N) is 4. The van der Waals surface area contributed by atoms with Crippen LogP contribution in [0.4, 0.5) is 20.8 Å². The average molecular weight is 486 g/mol. The zero-order valence-electron chi connectivity index (χ0n) is 16.1. The lowest BCUT2D eigenvalue weighted by atomic mass is 10.2. The Morgan fingerprint density at radius 2 is 2.10 bits per heavy atom. The summed E-state index contributed by atoms with van der Waals surface area (Å²) < 4.78 is 16.0. The van der Waals surface area contributed by atoms with Crippen LogP contribution < -0.4 is 21.3 Å². The predicted octanol–water partition coefficient (Wildman–Crippen LogP) is 3.00. The summed E-state index contributed by atoms with van der Waals surface area (Å²) in [6.07, 6.45) is 5.27. The molecule has 4 N–H and O–H groups in total. The number of urea groups is 1. The van der Waals surface area contributed by atoms with Crippen LogP contribution in [0.25, 0.3) is 11.7 Å². The third-order valence-corrected chi connectivity index (χ3v) is 5.69. The van der Waals surface area contributed by atoms with Crippen LogP contribution in [0.3, 0.4) is 0 Å². The molecular weight excluding hydrogens is 469 g/mol. The van der Waals surface area contributed by atoms with Gasteiger partial charge in [-0.1, -0.05) is 15.9 Å². The zero-order valence-corrected chi connectivity index (χ0v) is 17.7. The average Bonchev–Trinajstić information content (AvgIpc) is 3.37. The van der Waals surface area contributed by atoms with Crippen molar-refractivity contribution in [3.63, 3.8) is 0 Å². The highest BCUT2D eigenvalue weighted by Gasteiger charge is 2.25. The zero-order chi connectivity index (χ0) is 21.5. The van der Waals surface area contributed by atoms with Crippen molar-refractivity contribution in [3.05, 3.63) is 57.6 Å². The maximum absolute atomic E-state index is 13.6. The van der Waals surface area contributed by atoms with Crippen LogP contribution in [0.5, 0.6) is 0 Å². The summed E-state index contributed by atoms with van der Waals surface area (Å²) in [4.78, 5) is 27.9. The summed E-state index contributed by atoms with van der Waals surface area (Å²) in [6, 6.07) is 6.15. The second kappa shape index (κ2) is 7.65. The number of imide groups is 1. The van der Waals surface area contributed by atoms with E-state index in [0.29, 0.717) is 29.6 Å². The molecule has 0 bridgehead atoms. The lowest BCUT2D eigenvalue weighted by molar-refractivity contribution is -0.115. The standard InChI is InChI=1S/C20H17BrFN7O2/c21-14-4-1-12(22)5-10(14)8-23-16-7-17(25-13-2-3-13)29-18(27-16)11(9-24-29)6-15-19(30)28-20(31)26-15/h1,4-7,9,13,25H,2-3,8H2,(H,23,27)(H2,26,28,30,31)/b15-6-. The highest BCUT2D eigenvalue weighted by Crippen LogP contribution is 2.28. The Bertz CT molecular complexity index is 1250. The second-order valence-corrected chi connectivity index (χ2v) is 8.19. The molecule has 1 saturated heterocycles. The van der Waals surface area contributed by atoms with Gasteiger partial charge in [0, 0.05) is 28.7 Å². The molecule has 158 valence electrons. The maximum atomic E-state index is 13.6. The Hall–Kier alpha value is -3.47. The number of carbonyl (C=O) groups excluding carboxylic acids is 2. The minimum Gasteiger partial charge on any atom is -0.367 e. The number of nitrogens with zero attached hydrogens (tertiary/aromatic N) is 3. The molecule has 11 heteroatoms. The molecule has 1 aliphatic carbocycles. The van der Waals surface area contributed by atoms with Crippen molar-refractivity contribution in [1.29, 1.82) is 0 Å². The van der Waals surface area contributed by atoms with Crippen molar-refractivity contribution in [2.75, 3.05) is 10.6 Å². The van der Waals surface area contributed by atoms with E-state index < -0.39 is 11.9 Å². The second-order valence-electron chi connectivity index (χ2n) is 7.34. The van der Waals surface area contributed by atoms with Crippen molar-refractivity contribution in [3.8, 4) is 0 Å². The van der Waals surface area contributed by atoms with Crippen LogP contribution in [0.2, 0.25) is 0 Å². The molecule has 2 aromatic heterocycles. The monoisotopic (exact) mass is 485 g/mol. The summed E-state index contributed by atoms with van der Waals surface area (Å²) in [5.41, 5.74) is 1.95. The van der Waals surface area contributed by atoms with Gasteiger partial charge in [-0.2, -0.15) is 9.61 Å². The number of hydrogen-bond donors (Lipinski definition) is 4. The number of halogens is 2. The van der Waals surface area contributed by atoms with Crippen LogP contribution in [0.15, 0.2) is 40.6 Å². The number of rotatable bonds is 6. The lowest BCUT2D eigenvalue weighted by Gasteiger charge is -2.12. The van der Waals surface area contributed by atoms with Crippen molar-refractivity contribution >= 4 is 51.2 Å². The Morgan fingerprint density at radius 1 is 1.26 bits per heavy atom. The van der Waals surface area contributed by atoms with Gasteiger partial charge >= 0.3 is 6.03 Å². The highest BCUT2D eigenvalue weighted by molar-refractivity contribution is 9.10. The Balaban J connectivity index is 1.50. The fourth-order valence-electron chi connectivity index (χ4n) is 3.21. The number of benzene rings is 1. The van der Waals surface area contributed by atoms with Gasteiger partial charge in [-0.25, -0.2) is 14.2 Å². The number of hydrogen-bond acceptors (Lipinski definition) is 6. The first-order valence-corrected chi connectivity index (χ1v) is 10.4. The van der Waals surface area contributed by atoms with Crippen molar-refractivity contribution < 1.29 is 14.0 Å². The van der Waals surface area contributed by atoms with Gasteiger partial charge < -0.3 is 16.0 Å². The maximum Gasteiger partial charge on any atom is 0.326 e. The van der Waals surface area contributed by atoms with E-state index in [0.717, 1.165) is 28.7 Å². The van der Waals surface area contributed by atoms with Crippen LogP contribution in [0, 0.1) is 5.82 Å². The summed E-state index contributed by atoms with van der Waals surface area (Å²) in [5, 5.41) is 15.7. The molecular formula is C20H17BrFN7O2. The molecule has 9 nitrogen and oxygen atoms in total. The van der Waals surface area contributed by atoms with Crippen molar-refractivity contribution in [2.45, 2.75) is 25.4 Å². The van der Waals surface area contributed by atoms with E-state index in [2.05, 4.69) is 47.3 Å². The summed E-state index contributed by atoms with van der Waals surface area (Å²) >= 11 is 3.43. The molecule has 1 aliphatic heterocycles. The van der Waals surface area contributed by atoms with E-state index in [4.69, 9.17) is 0 Å². The number of carbonyl (C=O) groups is 2. The van der Waals surface area contributed by atoms with Crippen LogP contribution in [-0.2, 0) is 11.3 Å². The van der Waals surface area contributed by atoms with E-state index in [1.54, 1.807) is 16.8 Å². The van der Waals surface area contributed by atoms with Crippen LogP contribution >= 0.6 is 15.9 Å². The van der Waals surface area contributed by atoms with Crippen molar-refractivity contribution in [1.82, 2.24) is 25.2 Å². The largest absolute Gasteiger partial charge is 0.367 e. The van der Waals surface area contributed by atoms with Gasteiger partial charge in [-0.15, -0.1) is 0 Å². The van der Waals surface area contributed by atoms with Crippen molar-refractivity contribution in [2.24, 2.45) is 0 Å². The Morgan fingerprint density at radius 3 is 2.84 bits per heavy atom. The minimum atomic E-state index is -0.570. The van der Waals surface area contributed by atoms with Crippen LogP contribution in [-0.4, -0.2) is 32.6 Å². The first-order chi connectivity index (χ1) is 15.0. The third kappa shape index (κ3) is 4.08. The molecule has 2 fully saturated rings. The van der Waals surface area contributed by atoms with Gasteiger partial charge in [0.25, 0.3) is 5.91 Å². The fourth-order valence-corrected chi connectivity index (χ4v) is 3.60. The molecule has 2 aliphatic rings. The van der Waals surface area contributed by atoms with E-state index in [1.165, 1.54) is 18.2 Å². The fraction of sp³-hybridized carbons (Fsp3) is 0.200. The van der Waals surface area contributed by atoms with E-state index in [-0.39, 0.29) is 11.5 Å². The molecule has 0 unspecified atom stereocenters. The molecule has 3 aromatic rings. The summed E-state index contributed by atoms with van der Waals surface area (Å²) in [7, 11) is 0. The minimum absolute atomic E-state index is 0.125. The number of anilines is 2. The van der Waals surface area contributed by atoms with Gasteiger partial charge in [-0.05, 0) is 42.7 Å². The lowest BCUT2D eigenvalue weighted by Crippen LogP contribution is -2.22. The van der Waals surface area contributed by atoms with Gasteiger partial charge in [0.2, 0.25) is 0 Å². The third-order valence-electron chi connectivity index (χ3n) is 4.92. The SMILES string of the molecule is O=C1NC(=O)/C(=C/c2cnn3c(NC4CC4)cc(NCc4cc(F)ccc4Br)nc23)N1. The van der Waals surface area contributed by atoms with Gasteiger partial charge in [0.15, 0.2) is 5.65 Å². The van der Waals surface area contributed by atoms with Gasteiger partial charge in [-0.3, -0.25) is 10.1 Å². The Kier molecular flexibility index (Phi) is 4.81. The van der Waals surface area contributed by atoms with E-state index in [1.807, 2.05) is 6.07 Å². The molecule has 31 heavy (non-hydrogen) atoms. The van der Waals surface area contributed by atoms with Crippen LogP contribution in [0.1, 0.15) is 24.0 Å². The van der Waals surface area contributed by atoms with Gasteiger partial charge in [0.1, 0.15) is 23.1 Å². The number of aromatic nitrogens is 3. The Labute approximate surface area is 184 Å². The number of fused-ring (bicyclic) bond motifs is 1. The molecule has 1 saturated carbocycles. The molecule has 0 atom stereocenters. The first kappa shape index (κ1) is 19.5. The topological polar surface area (TPSA) is 112 Å². The molecule has 3 heterocycles. The summed E-state index contributed by atoms with van der Waals surface area (Å²) in [5.74, 6) is 0.483.